The monoisotopic (exact) mass is 417 g/mol. The van der Waals surface area contributed by atoms with Crippen LogP contribution in [0.2, 0.25) is 0 Å². The quantitative estimate of drug-likeness (QED) is 0.508. The molecule has 0 bridgehead atoms. The van der Waals surface area contributed by atoms with E-state index in [0.717, 1.165) is 39.2 Å². The molecule has 0 spiro atoms. The summed E-state index contributed by atoms with van der Waals surface area (Å²) in [6, 6.07) is 16.4. The lowest BCUT2D eigenvalue weighted by atomic mass is 9.97. The molecule has 0 aliphatic heterocycles. The topological polar surface area (TPSA) is 36.4 Å². The van der Waals surface area contributed by atoms with E-state index in [-0.39, 0.29) is 5.91 Å². The summed E-state index contributed by atoms with van der Waals surface area (Å²) >= 11 is 0. The Bertz CT molecular complexity index is 1020. The van der Waals surface area contributed by atoms with E-state index < -0.39 is 0 Å². The number of aryl methyl sites for hydroxylation is 2. The third-order valence-electron chi connectivity index (χ3n) is 5.35. The number of nitrogens with zero attached hydrogens (tertiary/aromatic N) is 3. The minimum atomic E-state index is 0.0239. The van der Waals surface area contributed by atoms with Crippen molar-refractivity contribution in [3.63, 3.8) is 0 Å². The maximum Gasteiger partial charge on any atom is 0.254 e. The molecule has 31 heavy (non-hydrogen) atoms. The number of pyridine rings is 1. The lowest BCUT2D eigenvalue weighted by Crippen LogP contribution is -2.28. The number of anilines is 1. The van der Waals surface area contributed by atoms with Crippen LogP contribution in [0.5, 0.6) is 0 Å². The molecule has 2 aromatic carbocycles. The van der Waals surface area contributed by atoms with Crippen LogP contribution in [0.4, 0.5) is 5.69 Å². The van der Waals surface area contributed by atoms with E-state index in [1.54, 1.807) is 4.90 Å². The normalized spacial score (nSPS) is 10.2. The van der Waals surface area contributed by atoms with Gasteiger partial charge in [0.2, 0.25) is 0 Å². The van der Waals surface area contributed by atoms with Gasteiger partial charge in [0.1, 0.15) is 0 Å². The van der Waals surface area contributed by atoms with Crippen LogP contribution >= 0.6 is 0 Å². The van der Waals surface area contributed by atoms with E-state index >= 15 is 0 Å². The van der Waals surface area contributed by atoms with Gasteiger partial charge in [-0.3, -0.25) is 9.78 Å². The molecule has 0 saturated heterocycles. The Labute approximate surface area is 187 Å². The summed E-state index contributed by atoms with van der Waals surface area (Å²) in [5.41, 5.74) is 8.08. The molecule has 4 heteroatoms. The zero-order valence-corrected chi connectivity index (χ0v) is 20.2. The Morgan fingerprint density at radius 2 is 1.58 bits per heavy atom. The van der Waals surface area contributed by atoms with Crippen molar-refractivity contribution in [1.29, 1.82) is 0 Å². The third kappa shape index (κ3) is 5.72. The fraction of sp³-hybridized carbons (Fsp3) is 0.333. The predicted molar refractivity (Wildman–Crippen MR) is 132 cm³/mol. The molecular weight excluding hydrogens is 382 g/mol. The Hall–Kier alpha value is -3.14. The molecule has 0 aliphatic rings. The van der Waals surface area contributed by atoms with Gasteiger partial charge in [0.05, 0.1) is 0 Å². The molecule has 0 atom stereocenters. The minimum Gasteiger partial charge on any atom is -0.377 e. The second-order valence-electron chi connectivity index (χ2n) is 7.84. The van der Waals surface area contributed by atoms with E-state index in [2.05, 4.69) is 41.1 Å². The van der Waals surface area contributed by atoms with Gasteiger partial charge in [0.15, 0.2) is 0 Å². The molecule has 4 nitrogen and oxygen atoms in total. The molecule has 0 aliphatic carbocycles. The van der Waals surface area contributed by atoms with Crippen LogP contribution < -0.4 is 4.90 Å². The van der Waals surface area contributed by atoms with Crippen molar-refractivity contribution >= 4 is 11.6 Å². The Kier molecular flexibility index (Phi) is 8.38. The van der Waals surface area contributed by atoms with Crippen molar-refractivity contribution in [2.45, 2.75) is 41.2 Å². The fourth-order valence-electron chi connectivity index (χ4n) is 3.51. The van der Waals surface area contributed by atoms with Gasteiger partial charge in [-0.1, -0.05) is 44.2 Å². The predicted octanol–water partition coefficient (Wildman–Crippen LogP) is 6.04. The zero-order chi connectivity index (χ0) is 23.1. The van der Waals surface area contributed by atoms with Gasteiger partial charge in [-0.05, 0) is 61.2 Å². The number of benzene rings is 2. The van der Waals surface area contributed by atoms with Crippen molar-refractivity contribution in [2.75, 3.05) is 26.0 Å². The Balaban J connectivity index is 0.00000166. The van der Waals surface area contributed by atoms with Crippen LogP contribution in [0.3, 0.4) is 0 Å². The van der Waals surface area contributed by atoms with E-state index in [4.69, 9.17) is 0 Å². The Morgan fingerprint density at radius 1 is 0.903 bits per heavy atom. The molecule has 3 aromatic rings. The summed E-state index contributed by atoms with van der Waals surface area (Å²) in [5.74, 6) is 0.0239. The summed E-state index contributed by atoms with van der Waals surface area (Å²) in [7, 11) is 5.87. The largest absolute Gasteiger partial charge is 0.377 e. The molecule has 0 fully saturated rings. The van der Waals surface area contributed by atoms with E-state index in [0.29, 0.717) is 6.54 Å². The van der Waals surface area contributed by atoms with Gasteiger partial charge < -0.3 is 9.80 Å². The first-order chi connectivity index (χ1) is 14.8. The Morgan fingerprint density at radius 3 is 2.16 bits per heavy atom. The molecule has 1 heterocycles. The smallest absolute Gasteiger partial charge is 0.254 e. The first kappa shape index (κ1) is 24.1. The average molecular weight is 418 g/mol. The van der Waals surface area contributed by atoms with Gasteiger partial charge in [0, 0.05) is 56.4 Å². The van der Waals surface area contributed by atoms with Gasteiger partial charge >= 0.3 is 0 Å². The van der Waals surface area contributed by atoms with Crippen molar-refractivity contribution in [1.82, 2.24) is 9.88 Å². The molecular formula is C27H35N3O. The van der Waals surface area contributed by atoms with Gasteiger partial charge in [-0.25, -0.2) is 0 Å². The van der Waals surface area contributed by atoms with Gasteiger partial charge in [0.25, 0.3) is 5.91 Å². The fourth-order valence-corrected chi connectivity index (χ4v) is 3.51. The molecule has 164 valence electrons. The maximum atomic E-state index is 13.4. The molecule has 3 rings (SSSR count). The standard InChI is InChI=1S/C25H29N3O.C2H6/c1-17-9-7-8-10-21(17)16-28(6)25(29)23-13-22(14-24(19(23)3)27(4)5)20-12-11-18(2)26-15-20;1-2/h7-15H,16H2,1-6H3;1-2H3. The second-order valence-corrected chi connectivity index (χ2v) is 7.84. The number of amides is 1. The van der Waals surface area contributed by atoms with Crippen LogP contribution in [0.1, 0.15) is 46.6 Å². The molecule has 0 saturated carbocycles. The molecule has 0 unspecified atom stereocenters. The number of carbonyl (C=O) groups is 1. The molecule has 0 radical (unpaired) electrons. The summed E-state index contributed by atoms with van der Waals surface area (Å²) in [4.78, 5) is 21.7. The van der Waals surface area contributed by atoms with Gasteiger partial charge in [-0.15, -0.1) is 0 Å². The minimum absolute atomic E-state index is 0.0239. The third-order valence-corrected chi connectivity index (χ3v) is 5.35. The SMILES string of the molecule is CC.Cc1ccc(-c2cc(C(=O)N(C)Cc3ccccc3C)c(C)c(N(C)C)c2)cn1. The van der Waals surface area contributed by atoms with Crippen molar-refractivity contribution in [3.05, 3.63) is 82.7 Å². The summed E-state index contributed by atoms with van der Waals surface area (Å²) in [5, 5.41) is 0. The summed E-state index contributed by atoms with van der Waals surface area (Å²) < 4.78 is 0. The maximum absolute atomic E-state index is 13.4. The van der Waals surface area contributed by atoms with Gasteiger partial charge in [-0.2, -0.15) is 0 Å². The highest BCUT2D eigenvalue weighted by Crippen LogP contribution is 2.31. The van der Waals surface area contributed by atoms with E-state index in [9.17, 15) is 4.79 Å². The first-order valence-corrected chi connectivity index (χ1v) is 10.8. The number of rotatable bonds is 5. The van der Waals surface area contributed by atoms with E-state index in [1.807, 2.05) is 79.3 Å². The highest BCUT2D eigenvalue weighted by molar-refractivity contribution is 5.98. The number of hydrogen-bond acceptors (Lipinski definition) is 3. The van der Waals surface area contributed by atoms with Crippen LogP contribution in [-0.4, -0.2) is 36.9 Å². The molecule has 1 amide bonds. The highest BCUT2D eigenvalue weighted by Gasteiger charge is 2.19. The zero-order valence-electron chi connectivity index (χ0n) is 20.2. The van der Waals surface area contributed by atoms with Crippen LogP contribution in [0.15, 0.2) is 54.7 Å². The summed E-state index contributed by atoms with van der Waals surface area (Å²) in [6.07, 6.45) is 1.87. The lowest BCUT2D eigenvalue weighted by Gasteiger charge is -2.24. The number of carbonyl (C=O) groups excluding carboxylic acids is 1. The number of aromatic nitrogens is 1. The lowest BCUT2D eigenvalue weighted by molar-refractivity contribution is 0.0784. The van der Waals surface area contributed by atoms with Crippen LogP contribution in [0.25, 0.3) is 11.1 Å². The van der Waals surface area contributed by atoms with Crippen LogP contribution in [-0.2, 0) is 6.54 Å². The van der Waals surface area contributed by atoms with Crippen molar-refractivity contribution < 1.29 is 4.79 Å². The van der Waals surface area contributed by atoms with Crippen molar-refractivity contribution in [2.24, 2.45) is 0 Å². The highest BCUT2D eigenvalue weighted by atomic mass is 16.2. The molecule has 0 N–H and O–H groups in total. The van der Waals surface area contributed by atoms with Crippen LogP contribution in [0, 0.1) is 20.8 Å². The van der Waals surface area contributed by atoms with E-state index in [1.165, 1.54) is 5.56 Å². The average Bonchev–Trinajstić information content (AvgIpc) is 2.77. The molecule has 1 aromatic heterocycles. The summed E-state index contributed by atoms with van der Waals surface area (Å²) in [6.45, 7) is 10.6. The number of hydrogen-bond donors (Lipinski definition) is 0. The second kappa shape index (κ2) is 10.8. The van der Waals surface area contributed by atoms with Crippen molar-refractivity contribution in [3.8, 4) is 11.1 Å². The first-order valence-electron chi connectivity index (χ1n) is 10.8.